The van der Waals surface area contributed by atoms with Crippen LogP contribution in [0.1, 0.15) is 0 Å². The van der Waals surface area contributed by atoms with Crippen LogP contribution in [0, 0.1) is 0 Å². The maximum atomic E-state index is 5.06. The summed E-state index contributed by atoms with van der Waals surface area (Å²) in [6, 6.07) is 3.74. The second kappa shape index (κ2) is 4.27. The van der Waals surface area contributed by atoms with Crippen LogP contribution in [0.2, 0.25) is 0 Å². The minimum atomic E-state index is 0.786. The Morgan fingerprint density at radius 1 is 0.850 bits per heavy atom. The maximum absolute atomic E-state index is 5.06. The fourth-order valence-electron chi connectivity index (χ4n) is 2.00. The molecule has 0 bridgehead atoms. The molecule has 0 aliphatic rings. The van der Waals surface area contributed by atoms with Crippen molar-refractivity contribution in [3.63, 3.8) is 0 Å². The van der Waals surface area contributed by atoms with E-state index in [1.165, 1.54) is 0 Å². The Morgan fingerprint density at radius 2 is 1.70 bits per heavy atom. The fraction of sp³-hybridized carbons (Fsp3) is 0. The third-order valence-electron chi connectivity index (χ3n) is 3.04. The highest BCUT2D eigenvalue weighted by molar-refractivity contribution is 5.56. The van der Waals surface area contributed by atoms with Crippen LogP contribution < -0.4 is 0 Å². The smallest absolute Gasteiger partial charge is 0.156 e. The molecule has 20 heavy (non-hydrogen) atoms. The molecule has 4 aromatic rings. The van der Waals surface area contributed by atoms with Crippen molar-refractivity contribution in [3.05, 3.63) is 62.2 Å². The summed E-state index contributed by atoms with van der Waals surface area (Å²) < 4.78 is 13.9. The summed E-state index contributed by atoms with van der Waals surface area (Å²) in [5, 5.41) is 0. The molecule has 0 N–H and O–H groups in total. The van der Waals surface area contributed by atoms with Crippen LogP contribution in [0.25, 0.3) is 22.8 Å². The van der Waals surface area contributed by atoms with E-state index >= 15 is 0 Å². The predicted octanol–water partition coefficient (Wildman–Crippen LogP) is 2.91. The van der Waals surface area contributed by atoms with Crippen molar-refractivity contribution in [1.82, 2.24) is 19.1 Å². The van der Waals surface area contributed by atoms with Crippen LogP contribution in [0.4, 0.5) is 0 Å². The molecule has 0 aliphatic heterocycles. The Labute approximate surface area is 113 Å². The molecule has 4 aromatic heterocycles. The molecule has 0 saturated carbocycles. The number of hydrogen-bond acceptors (Lipinski definition) is 4. The summed E-state index contributed by atoms with van der Waals surface area (Å²) in [6.45, 7) is 0. The first-order valence-electron chi connectivity index (χ1n) is 6.04. The van der Waals surface area contributed by atoms with Crippen molar-refractivity contribution in [1.29, 1.82) is 0 Å². The normalized spacial score (nSPS) is 11.0. The van der Waals surface area contributed by atoms with Crippen molar-refractivity contribution in [3.8, 4) is 22.8 Å². The van der Waals surface area contributed by atoms with E-state index in [9.17, 15) is 0 Å². The van der Waals surface area contributed by atoms with E-state index < -0.39 is 0 Å². The largest absolute Gasteiger partial charge is 0.472 e. The van der Waals surface area contributed by atoms with E-state index in [1.807, 2.05) is 33.7 Å². The zero-order chi connectivity index (χ0) is 13.4. The monoisotopic (exact) mass is 266 g/mol. The van der Waals surface area contributed by atoms with Gasteiger partial charge in [0.15, 0.2) is 5.82 Å². The Morgan fingerprint density at radius 3 is 2.50 bits per heavy atom. The molecule has 0 amide bonds. The lowest BCUT2D eigenvalue weighted by Crippen LogP contribution is -1.90. The summed E-state index contributed by atoms with van der Waals surface area (Å²) in [5.41, 5.74) is 2.72. The zero-order valence-electron chi connectivity index (χ0n) is 10.4. The molecular weight excluding hydrogens is 256 g/mol. The third kappa shape index (κ3) is 1.74. The molecule has 4 heterocycles. The van der Waals surface area contributed by atoms with Gasteiger partial charge in [0.05, 0.1) is 36.4 Å². The molecule has 0 fully saturated rings. The Hall–Kier alpha value is -3.02. The molecule has 6 nitrogen and oxygen atoms in total. The molecule has 0 aromatic carbocycles. The SMILES string of the molecule is c1cc(-c2cn(-c3cn(-c4ccoc4)cn3)cn2)co1. The lowest BCUT2D eigenvalue weighted by molar-refractivity contribution is 0.565. The van der Waals surface area contributed by atoms with Crippen molar-refractivity contribution in [2.24, 2.45) is 0 Å². The van der Waals surface area contributed by atoms with Crippen LogP contribution in [0.15, 0.2) is 71.1 Å². The second-order valence-corrected chi connectivity index (χ2v) is 4.30. The fourth-order valence-corrected chi connectivity index (χ4v) is 2.00. The average molecular weight is 266 g/mol. The Kier molecular flexibility index (Phi) is 2.32. The summed E-state index contributed by atoms with van der Waals surface area (Å²) >= 11 is 0. The van der Waals surface area contributed by atoms with Gasteiger partial charge in [0.1, 0.15) is 18.9 Å². The van der Waals surface area contributed by atoms with Gasteiger partial charge in [-0.25, -0.2) is 9.97 Å². The molecule has 0 saturated heterocycles. The van der Waals surface area contributed by atoms with E-state index in [1.54, 1.807) is 37.7 Å². The molecule has 6 heteroatoms. The zero-order valence-corrected chi connectivity index (χ0v) is 10.4. The van der Waals surface area contributed by atoms with Crippen LogP contribution in [-0.2, 0) is 0 Å². The lowest BCUT2D eigenvalue weighted by Gasteiger charge is -1.95. The van der Waals surface area contributed by atoms with Crippen molar-refractivity contribution >= 4 is 0 Å². The van der Waals surface area contributed by atoms with Crippen molar-refractivity contribution in [2.45, 2.75) is 0 Å². The van der Waals surface area contributed by atoms with Gasteiger partial charge in [0.2, 0.25) is 0 Å². The van der Waals surface area contributed by atoms with Crippen molar-refractivity contribution < 1.29 is 8.83 Å². The van der Waals surface area contributed by atoms with E-state index in [2.05, 4.69) is 9.97 Å². The van der Waals surface area contributed by atoms with E-state index in [4.69, 9.17) is 8.83 Å². The molecule has 0 unspecified atom stereocenters. The number of nitrogens with zero attached hydrogens (tertiary/aromatic N) is 4. The Balaban J connectivity index is 1.68. The molecular formula is C14H10N4O2. The standard InChI is InChI=1S/C14H10N4O2/c1-3-19-7-11(1)13-5-18(9-15-13)14-6-17(10-16-14)12-2-4-20-8-12/h1-10H. The van der Waals surface area contributed by atoms with Gasteiger partial charge in [-0.1, -0.05) is 0 Å². The quantitative estimate of drug-likeness (QED) is 0.572. The number of furan rings is 2. The average Bonchev–Trinajstić information content (AvgIpc) is 3.22. The molecule has 4 rings (SSSR count). The van der Waals surface area contributed by atoms with E-state index in [0.717, 1.165) is 22.8 Å². The maximum Gasteiger partial charge on any atom is 0.156 e. The van der Waals surface area contributed by atoms with Gasteiger partial charge < -0.3 is 13.4 Å². The van der Waals surface area contributed by atoms with E-state index in [0.29, 0.717) is 0 Å². The first-order chi connectivity index (χ1) is 9.90. The minimum absolute atomic E-state index is 0.786. The van der Waals surface area contributed by atoms with Gasteiger partial charge in [0.25, 0.3) is 0 Å². The second-order valence-electron chi connectivity index (χ2n) is 4.30. The minimum Gasteiger partial charge on any atom is -0.472 e. The highest BCUT2D eigenvalue weighted by atomic mass is 16.3. The summed E-state index contributed by atoms with van der Waals surface area (Å²) in [7, 11) is 0. The van der Waals surface area contributed by atoms with Crippen LogP contribution in [-0.4, -0.2) is 19.1 Å². The van der Waals surface area contributed by atoms with Gasteiger partial charge in [-0.15, -0.1) is 0 Å². The Bertz CT molecular complexity index is 739. The van der Waals surface area contributed by atoms with Crippen LogP contribution in [0.5, 0.6) is 0 Å². The highest BCUT2D eigenvalue weighted by Crippen LogP contribution is 2.19. The molecule has 0 atom stereocenters. The summed E-state index contributed by atoms with van der Waals surface area (Å²) in [5.74, 6) is 0.786. The first-order valence-corrected chi connectivity index (χ1v) is 6.04. The van der Waals surface area contributed by atoms with Crippen LogP contribution >= 0.6 is 0 Å². The van der Waals surface area contributed by atoms with E-state index in [-0.39, 0.29) is 0 Å². The number of aromatic nitrogens is 4. The molecule has 0 spiro atoms. The summed E-state index contributed by atoms with van der Waals surface area (Å²) in [4.78, 5) is 8.70. The molecule has 98 valence electrons. The van der Waals surface area contributed by atoms with Gasteiger partial charge in [-0.2, -0.15) is 0 Å². The first kappa shape index (κ1) is 10.9. The number of hydrogen-bond donors (Lipinski definition) is 0. The van der Waals surface area contributed by atoms with Crippen LogP contribution in [0.3, 0.4) is 0 Å². The van der Waals surface area contributed by atoms with Gasteiger partial charge in [0, 0.05) is 17.8 Å². The molecule has 0 radical (unpaired) electrons. The number of rotatable bonds is 3. The van der Waals surface area contributed by atoms with Crippen molar-refractivity contribution in [2.75, 3.05) is 0 Å². The van der Waals surface area contributed by atoms with Gasteiger partial charge in [-0.05, 0) is 6.07 Å². The van der Waals surface area contributed by atoms with Gasteiger partial charge >= 0.3 is 0 Å². The predicted molar refractivity (Wildman–Crippen MR) is 70.7 cm³/mol. The molecule has 0 aliphatic carbocycles. The highest BCUT2D eigenvalue weighted by Gasteiger charge is 2.07. The topological polar surface area (TPSA) is 61.9 Å². The number of imidazole rings is 2. The lowest BCUT2D eigenvalue weighted by atomic mass is 10.3. The van der Waals surface area contributed by atoms with Gasteiger partial charge in [-0.3, -0.25) is 4.57 Å². The third-order valence-corrected chi connectivity index (χ3v) is 3.04. The summed E-state index contributed by atoms with van der Waals surface area (Å²) in [6.07, 6.45) is 13.9.